The molecule has 2 rings (SSSR count). The van der Waals surface area contributed by atoms with Crippen LogP contribution in [0.2, 0.25) is 5.02 Å². The molecule has 0 atom stereocenters. The Kier molecular flexibility index (Phi) is 4.74. The van der Waals surface area contributed by atoms with Gasteiger partial charge in [-0.15, -0.1) is 0 Å². The summed E-state index contributed by atoms with van der Waals surface area (Å²) in [6, 6.07) is 11.7. The van der Waals surface area contributed by atoms with E-state index in [9.17, 15) is 13.7 Å². The molecule has 114 valence electrons. The Hall–Kier alpha value is -2.03. The van der Waals surface area contributed by atoms with Gasteiger partial charge in [-0.25, -0.2) is 8.42 Å². The number of hydrogen-bond acceptors (Lipinski definition) is 4. The van der Waals surface area contributed by atoms with Gasteiger partial charge in [-0.3, -0.25) is 0 Å². The summed E-state index contributed by atoms with van der Waals surface area (Å²) in [6.07, 6.45) is 0. The molecule has 0 aliphatic rings. The largest absolute Gasteiger partial charge is 0.495 e. The molecule has 0 N–H and O–H groups in total. The Morgan fingerprint density at radius 2 is 1.86 bits per heavy atom. The maximum atomic E-state index is 11.8. The van der Waals surface area contributed by atoms with E-state index in [1.165, 1.54) is 19.2 Å². The van der Waals surface area contributed by atoms with Gasteiger partial charge in [0, 0.05) is 16.7 Å². The highest BCUT2D eigenvalue weighted by Gasteiger charge is 2.15. The van der Waals surface area contributed by atoms with Crippen LogP contribution in [0.3, 0.4) is 0 Å². The smallest absolute Gasteiger partial charge is 0.178 e. The van der Waals surface area contributed by atoms with Crippen molar-refractivity contribution in [2.45, 2.75) is 11.8 Å². The molecule has 4 nitrogen and oxygen atoms in total. The average molecular weight is 336 g/mol. The van der Waals surface area contributed by atoms with Crippen LogP contribution >= 0.6 is 11.6 Å². The topological polar surface area (TPSA) is 67.2 Å². The van der Waals surface area contributed by atoms with E-state index in [0.29, 0.717) is 27.5 Å². The minimum atomic E-state index is -3.25. The Morgan fingerprint density at radius 1 is 1.23 bits per heavy atom. The first-order valence-corrected chi connectivity index (χ1v) is 8.56. The maximum Gasteiger partial charge on any atom is 0.178 e. The zero-order chi connectivity index (χ0) is 16.3. The van der Waals surface area contributed by atoms with Gasteiger partial charge in [0.15, 0.2) is 9.84 Å². The zero-order valence-electron chi connectivity index (χ0n) is 12.1. The normalized spacial score (nSPS) is 11.0. The van der Waals surface area contributed by atoms with E-state index in [-0.39, 0.29) is 10.6 Å². The summed E-state index contributed by atoms with van der Waals surface area (Å²) in [7, 11) is -1.78. The Morgan fingerprint density at radius 3 is 2.36 bits per heavy atom. The lowest BCUT2D eigenvalue weighted by atomic mass is 9.99. The quantitative estimate of drug-likeness (QED) is 0.854. The van der Waals surface area contributed by atoms with E-state index in [4.69, 9.17) is 16.3 Å². The van der Waals surface area contributed by atoms with E-state index < -0.39 is 9.84 Å². The number of ether oxygens (including phenoxy) is 1. The summed E-state index contributed by atoms with van der Waals surface area (Å²) >= 11 is 6.05. The van der Waals surface area contributed by atoms with Crippen molar-refractivity contribution < 1.29 is 13.2 Å². The lowest BCUT2D eigenvalue weighted by molar-refractivity contribution is 0.413. The summed E-state index contributed by atoms with van der Waals surface area (Å²) < 4.78 is 28.8. The number of methoxy groups -OCH3 is 1. The van der Waals surface area contributed by atoms with E-state index in [2.05, 4.69) is 6.07 Å². The molecular weight excluding hydrogens is 322 g/mol. The second-order valence-corrected chi connectivity index (χ2v) is 7.28. The fourth-order valence-corrected chi connectivity index (χ4v) is 3.19. The molecule has 0 aliphatic heterocycles. The monoisotopic (exact) mass is 335 g/mol. The van der Waals surface area contributed by atoms with Crippen LogP contribution in [0.25, 0.3) is 11.1 Å². The minimum Gasteiger partial charge on any atom is -0.495 e. The predicted octanol–water partition coefficient (Wildman–Crippen LogP) is 3.68. The van der Waals surface area contributed by atoms with Crippen LogP contribution in [0.1, 0.15) is 12.5 Å². The van der Waals surface area contributed by atoms with Crippen molar-refractivity contribution in [2.75, 3.05) is 12.9 Å². The third kappa shape index (κ3) is 3.08. The van der Waals surface area contributed by atoms with Gasteiger partial charge in [-0.1, -0.05) is 30.7 Å². The second kappa shape index (κ2) is 6.39. The fourth-order valence-electron chi connectivity index (χ4n) is 2.09. The molecule has 0 amide bonds. The van der Waals surface area contributed by atoms with E-state index >= 15 is 0 Å². The van der Waals surface area contributed by atoms with E-state index in [1.807, 2.05) is 0 Å². The number of nitrogens with zero attached hydrogens (tertiary/aromatic N) is 1. The van der Waals surface area contributed by atoms with E-state index in [1.54, 1.807) is 31.2 Å². The first kappa shape index (κ1) is 16.3. The number of benzene rings is 2. The van der Waals surface area contributed by atoms with Crippen molar-refractivity contribution >= 4 is 21.4 Å². The number of nitriles is 1. The lowest BCUT2D eigenvalue weighted by Gasteiger charge is -2.10. The second-order valence-electron chi connectivity index (χ2n) is 4.57. The van der Waals surface area contributed by atoms with Gasteiger partial charge >= 0.3 is 0 Å². The van der Waals surface area contributed by atoms with Crippen molar-refractivity contribution in [3.8, 4) is 22.9 Å². The molecule has 0 saturated carbocycles. The zero-order valence-corrected chi connectivity index (χ0v) is 13.7. The Labute approximate surface area is 134 Å². The van der Waals surface area contributed by atoms with Crippen LogP contribution in [0.5, 0.6) is 5.75 Å². The molecule has 0 saturated heterocycles. The molecule has 0 spiro atoms. The van der Waals surface area contributed by atoms with Gasteiger partial charge in [0.1, 0.15) is 17.4 Å². The van der Waals surface area contributed by atoms with Crippen molar-refractivity contribution in [1.29, 1.82) is 5.26 Å². The summed E-state index contributed by atoms with van der Waals surface area (Å²) in [5.74, 6) is 0.427. The highest BCUT2D eigenvalue weighted by Crippen LogP contribution is 2.34. The summed E-state index contributed by atoms with van der Waals surface area (Å²) in [5, 5.41) is 9.78. The number of halogens is 1. The molecule has 0 unspecified atom stereocenters. The number of rotatable bonds is 4. The van der Waals surface area contributed by atoms with Crippen LogP contribution in [0, 0.1) is 11.3 Å². The van der Waals surface area contributed by atoms with Crippen LogP contribution < -0.4 is 4.74 Å². The average Bonchev–Trinajstić information content (AvgIpc) is 2.54. The molecule has 0 fully saturated rings. The predicted molar refractivity (Wildman–Crippen MR) is 85.9 cm³/mol. The van der Waals surface area contributed by atoms with Crippen molar-refractivity contribution in [3.05, 3.63) is 47.0 Å². The standard InChI is InChI=1S/C16H14ClNO3S/c1-3-22(19,20)13-6-4-11(5-7-13)14-8-12(17)9-16(21-2)15(14)10-18/h4-9H,3H2,1-2H3. The summed E-state index contributed by atoms with van der Waals surface area (Å²) in [4.78, 5) is 0.256. The molecule has 2 aromatic rings. The highest BCUT2D eigenvalue weighted by atomic mass is 35.5. The molecular formula is C16H14ClNO3S. The molecule has 0 bridgehead atoms. The molecule has 2 aromatic carbocycles. The maximum absolute atomic E-state index is 11.8. The van der Waals surface area contributed by atoms with Crippen molar-refractivity contribution in [3.63, 3.8) is 0 Å². The van der Waals surface area contributed by atoms with Crippen molar-refractivity contribution in [2.24, 2.45) is 0 Å². The highest BCUT2D eigenvalue weighted by molar-refractivity contribution is 7.91. The minimum absolute atomic E-state index is 0.0424. The lowest BCUT2D eigenvalue weighted by Crippen LogP contribution is -2.03. The number of sulfone groups is 1. The van der Waals surface area contributed by atoms with Gasteiger partial charge in [-0.05, 0) is 23.8 Å². The molecule has 6 heteroatoms. The molecule has 0 heterocycles. The Balaban J connectivity index is 2.59. The van der Waals surface area contributed by atoms with Gasteiger partial charge in [-0.2, -0.15) is 5.26 Å². The first-order chi connectivity index (χ1) is 10.4. The van der Waals surface area contributed by atoms with Crippen LogP contribution in [0.4, 0.5) is 0 Å². The van der Waals surface area contributed by atoms with Gasteiger partial charge in [0.05, 0.1) is 17.8 Å². The van der Waals surface area contributed by atoms with Gasteiger partial charge < -0.3 is 4.74 Å². The fraction of sp³-hybridized carbons (Fsp3) is 0.188. The molecule has 0 aromatic heterocycles. The summed E-state index contributed by atoms with van der Waals surface area (Å²) in [5.41, 5.74) is 1.66. The van der Waals surface area contributed by atoms with Crippen LogP contribution in [-0.2, 0) is 9.84 Å². The number of hydrogen-bond donors (Lipinski definition) is 0. The van der Waals surface area contributed by atoms with Crippen LogP contribution in [0.15, 0.2) is 41.3 Å². The van der Waals surface area contributed by atoms with Gasteiger partial charge in [0.2, 0.25) is 0 Å². The molecule has 0 aliphatic carbocycles. The third-order valence-corrected chi connectivity index (χ3v) is 5.27. The third-order valence-electron chi connectivity index (χ3n) is 3.30. The van der Waals surface area contributed by atoms with E-state index in [0.717, 1.165) is 0 Å². The molecule has 22 heavy (non-hydrogen) atoms. The molecule has 0 radical (unpaired) electrons. The van der Waals surface area contributed by atoms with Crippen molar-refractivity contribution in [1.82, 2.24) is 0 Å². The summed E-state index contributed by atoms with van der Waals surface area (Å²) in [6.45, 7) is 1.60. The SMILES string of the molecule is CCS(=O)(=O)c1ccc(-c2cc(Cl)cc(OC)c2C#N)cc1. The Bertz CT molecular complexity index is 837. The van der Waals surface area contributed by atoms with Gasteiger partial charge in [0.25, 0.3) is 0 Å². The van der Waals surface area contributed by atoms with Crippen LogP contribution in [-0.4, -0.2) is 21.3 Å². The first-order valence-electron chi connectivity index (χ1n) is 6.53.